The molecule has 0 bridgehead atoms. The van der Waals surface area contributed by atoms with Crippen LogP contribution in [0.1, 0.15) is 11.1 Å². The number of hydrogen-bond donors (Lipinski definition) is 1. The van der Waals surface area contributed by atoms with E-state index >= 15 is 0 Å². The molecule has 0 aliphatic rings. The highest BCUT2D eigenvalue weighted by Crippen LogP contribution is 2.29. The molecule has 0 heterocycles. The average molecular weight is 293 g/mol. The van der Waals surface area contributed by atoms with Crippen LogP contribution in [0.3, 0.4) is 0 Å². The van der Waals surface area contributed by atoms with Crippen LogP contribution in [0.5, 0.6) is 11.5 Å². The average Bonchev–Trinajstić information content (AvgIpc) is 2.49. The zero-order chi connectivity index (χ0) is 15.2. The summed E-state index contributed by atoms with van der Waals surface area (Å²) in [6, 6.07) is 9.52. The first kappa shape index (κ1) is 15.3. The Bertz CT molecular complexity index is 617. The number of benzene rings is 2. The van der Waals surface area contributed by atoms with Gasteiger partial charge in [-0.1, -0.05) is 18.2 Å². The van der Waals surface area contributed by atoms with Crippen molar-refractivity contribution in [1.82, 2.24) is 5.32 Å². The second-order valence-electron chi connectivity index (χ2n) is 4.52. The van der Waals surface area contributed by atoms with Crippen molar-refractivity contribution in [2.45, 2.75) is 13.2 Å². The fraction of sp³-hybridized carbons (Fsp3) is 0.250. The van der Waals surface area contributed by atoms with E-state index in [1.165, 1.54) is 19.2 Å². The van der Waals surface area contributed by atoms with Crippen molar-refractivity contribution in [3.8, 4) is 11.5 Å². The lowest BCUT2D eigenvalue weighted by Crippen LogP contribution is -2.06. The molecule has 2 aromatic rings. The Labute approximate surface area is 122 Å². The summed E-state index contributed by atoms with van der Waals surface area (Å²) in [6.45, 7) is 0.609. The SMILES string of the molecule is CNCc1ccc(OC)c(OCc2cccc(F)c2F)c1. The van der Waals surface area contributed by atoms with Gasteiger partial charge in [0.25, 0.3) is 0 Å². The molecule has 0 spiro atoms. The number of hydrogen-bond acceptors (Lipinski definition) is 3. The maximum absolute atomic E-state index is 13.6. The quantitative estimate of drug-likeness (QED) is 0.886. The summed E-state index contributed by atoms with van der Waals surface area (Å²) in [5, 5.41) is 3.03. The van der Waals surface area contributed by atoms with E-state index < -0.39 is 11.6 Å². The minimum atomic E-state index is -0.886. The van der Waals surface area contributed by atoms with Crippen molar-refractivity contribution in [2.75, 3.05) is 14.2 Å². The standard InChI is InChI=1S/C16H17F2NO2/c1-19-9-11-6-7-14(20-2)15(8-11)21-10-12-4-3-5-13(17)16(12)18/h3-8,19H,9-10H2,1-2H3. The van der Waals surface area contributed by atoms with Gasteiger partial charge in [-0.25, -0.2) is 8.78 Å². The van der Waals surface area contributed by atoms with Crippen molar-refractivity contribution in [3.05, 3.63) is 59.2 Å². The molecular formula is C16H17F2NO2. The molecule has 0 aliphatic carbocycles. The fourth-order valence-corrected chi connectivity index (χ4v) is 1.96. The topological polar surface area (TPSA) is 30.5 Å². The summed E-state index contributed by atoms with van der Waals surface area (Å²) < 4.78 is 37.5. The molecule has 0 saturated heterocycles. The van der Waals surface area contributed by atoms with E-state index in [0.29, 0.717) is 18.0 Å². The third-order valence-electron chi connectivity index (χ3n) is 3.02. The number of nitrogens with one attached hydrogen (secondary N) is 1. The van der Waals surface area contributed by atoms with E-state index in [4.69, 9.17) is 9.47 Å². The predicted octanol–water partition coefficient (Wildman–Crippen LogP) is 3.27. The molecule has 0 saturated carbocycles. The van der Waals surface area contributed by atoms with Gasteiger partial charge < -0.3 is 14.8 Å². The molecule has 2 aromatic carbocycles. The van der Waals surface area contributed by atoms with Crippen LogP contribution in [-0.2, 0) is 13.2 Å². The Morgan fingerprint density at radius 2 is 1.90 bits per heavy atom. The van der Waals surface area contributed by atoms with Gasteiger partial charge in [-0.05, 0) is 30.8 Å². The minimum Gasteiger partial charge on any atom is -0.493 e. The molecule has 0 radical (unpaired) electrons. The summed E-state index contributed by atoms with van der Waals surface area (Å²) >= 11 is 0. The first-order valence-electron chi connectivity index (χ1n) is 6.53. The van der Waals surface area contributed by atoms with Crippen LogP contribution in [0.4, 0.5) is 8.78 Å². The highest BCUT2D eigenvalue weighted by Gasteiger charge is 2.10. The summed E-state index contributed by atoms with van der Waals surface area (Å²) in [6.07, 6.45) is 0. The Morgan fingerprint density at radius 1 is 1.10 bits per heavy atom. The molecule has 3 nitrogen and oxygen atoms in total. The molecule has 5 heteroatoms. The molecule has 0 aliphatic heterocycles. The number of methoxy groups -OCH3 is 1. The smallest absolute Gasteiger partial charge is 0.165 e. The van der Waals surface area contributed by atoms with Crippen LogP contribution in [0.15, 0.2) is 36.4 Å². The summed E-state index contributed by atoms with van der Waals surface area (Å²) in [5.74, 6) is -0.726. The molecule has 1 N–H and O–H groups in total. The lowest BCUT2D eigenvalue weighted by molar-refractivity contribution is 0.277. The van der Waals surface area contributed by atoms with E-state index in [0.717, 1.165) is 11.6 Å². The number of rotatable bonds is 6. The van der Waals surface area contributed by atoms with Crippen molar-refractivity contribution in [1.29, 1.82) is 0 Å². The Balaban J connectivity index is 2.18. The number of halogens is 2. The van der Waals surface area contributed by atoms with Crippen LogP contribution in [-0.4, -0.2) is 14.2 Å². The van der Waals surface area contributed by atoms with E-state index in [2.05, 4.69) is 5.32 Å². The van der Waals surface area contributed by atoms with E-state index in [9.17, 15) is 8.78 Å². The highest BCUT2D eigenvalue weighted by molar-refractivity contribution is 5.43. The molecule has 2 rings (SSSR count). The van der Waals surface area contributed by atoms with Crippen molar-refractivity contribution in [2.24, 2.45) is 0 Å². The molecular weight excluding hydrogens is 276 g/mol. The highest BCUT2D eigenvalue weighted by atomic mass is 19.2. The molecule has 112 valence electrons. The molecule has 0 fully saturated rings. The van der Waals surface area contributed by atoms with Crippen LogP contribution in [0, 0.1) is 11.6 Å². The zero-order valence-corrected chi connectivity index (χ0v) is 12.0. The molecule has 0 atom stereocenters. The van der Waals surface area contributed by atoms with Gasteiger partial charge in [-0.2, -0.15) is 0 Å². The summed E-state index contributed by atoms with van der Waals surface area (Å²) in [4.78, 5) is 0. The summed E-state index contributed by atoms with van der Waals surface area (Å²) in [7, 11) is 3.37. The molecule has 0 unspecified atom stereocenters. The molecule has 21 heavy (non-hydrogen) atoms. The second-order valence-corrected chi connectivity index (χ2v) is 4.52. The van der Waals surface area contributed by atoms with Gasteiger partial charge in [-0.15, -0.1) is 0 Å². The second kappa shape index (κ2) is 7.04. The third-order valence-corrected chi connectivity index (χ3v) is 3.02. The monoisotopic (exact) mass is 293 g/mol. The third kappa shape index (κ3) is 3.70. The lowest BCUT2D eigenvalue weighted by atomic mass is 10.2. The summed E-state index contributed by atoms with van der Waals surface area (Å²) in [5.41, 5.74) is 1.17. The molecule has 0 aromatic heterocycles. The normalized spacial score (nSPS) is 10.5. The van der Waals surface area contributed by atoms with E-state index in [1.54, 1.807) is 6.07 Å². The number of ether oxygens (including phenoxy) is 2. The molecule has 0 amide bonds. The van der Waals surface area contributed by atoms with Crippen molar-refractivity contribution < 1.29 is 18.3 Å². The van der Waals surface area contributed by atoms with Crippen molar-refractivity contribution >= 4 is 0 Å². The van der Waals surface area contributed by atoms with E-state index in [1.807, 2.05) is 19.2 Å². The predicted molar refractivity (Wildman–Crippen MR) is 76.4 cm³/mol. The van der Waals surface area contributed by atoms with Gasteiger partial charge in [-0.3, -0.25) is 0 Å². The van der Waals surface area contributed by atoms with Crippen LogP contribution < -0.4 is 14.8 Å². The Hall–Kier alpha value is -2.14. The van der Waals surface area contributed by atoms with Gasteiger partial charge in [0.15, 0.2) is 23.1 Å². The van der Waals surface area contributed by atoms with Gasteiger partial charge in [0, 0.05) is 12.1 Å². The lowest BCUT2D eigenvalue weighted by Gasteiger charge is -2.13. The van der Waals surface area contributed by atoms with E-state index in [-0.39, 0.29) is 12.2 Å². The minimum absolute atomic E-state index is 0.0665. The first-order chi connectivity index (χ1) is 10.2. The van der Waals surface area contributed by atoms with Crippen LogP contribution in [0.25, 0.3) is 0 Å². The van der Waals surface area contributed by atoms with Gasteiger partial charge in [0.05, 0.1) is 7.11 Å². The van der Waals surface area contributed by atoms with Crippen LogP contribution >= 0.6 is 0 Å². The Kier molecular flexibility index (Phi) is 5.11. The first-order valence-corrected chi connectivity index (χ1v) is 6.53. The van der Waals surface area contributed by atoms with Gasteiger partial charge >= 0.3 is 0 Å². The fourth-order valence-electron chi connectivity index (χ4n) is 1.96. The van der Waals surface area contributed by atoms with Crippen molar-refractivity contribution in [3.63, 3.8) is 0 Å². The maximum atomic E-state index is 13.6. The van der Waals surface area contributed by atoms with Gasteiger partial charge in [0.2, 0.25) is 0 Å². The maximum Gasteiger partial charge on any atom is 0.165 e. The van der Waals surface area contributed by atoms with Gasteiger partial charge in [0.1, 0.15) is 6.61 Å². The zero-order valence-electron chi connectivity index (χ0n) is 12.0. The van der Waals surface area contributed by atoms with Crippen LogP contribution in [0.2, 0.25) is 0 Å². The Morgan fingerprint density at radius 3 is 2.62 bits per heavy atom. The largest absolute Gasteiger partial charge is 0.493 e.